The van der Waals surface area contributed by atoms with E-state index in [9.17, 15) is 4.79 Å². The molecule has 0 bridgehead atoms. The van der Waals surface area contributed by atoms with E-state index in [4.69, 9.17) is 4.74 Å². The molecule has 2 heterocycles. The van der Waals surface area contributed by atoms with E-state index in [2.05, 4.69) is 15.0 Å². The van der Waals surface area contributed by atoms with Gasteiger partial charge in [-0.2, -0.15) is 0 Å². The SMILES string of the molecule is CC(=O)/C=C/c1c[nH]c2ncnc(OCc3ccccc3)c12. The van der Waals surface area contributed by atoms with Crippen LogP contribution in [0.3, 0.4) is 0 Å². The summed E-state index contributed by atoms with van der Waals surface area (Å²) >= 11 is 0. The number of ketones is 1. The molecule has 0 aliphatic rings. The molecule has 1 aromatic carbocycles. The highest BCUT2D eigenvalue weighted by Crippen LogP contribution is 2.26. The number of carbonyl (C=O) groups excluding carboxylic acids is 1. The third-order valence-electron chi connectivity index (χ3n) is 3.18. The lowest BCUT2D eigenvalue weighted by Crippen LogP contribution is -1.98. The number of aromatic amines is 1. The fourth-order valence-corrected chi connectivity index (χ4v) is 2.13. The van der Waals surface area contributed by atoms with E-state index in [0.717, 1.165) is 16.5 Å². The number of rotatable bonds is 5. The molecular weight excluding hydrogens is 278 g/mol. The van der Waals surface area contributed by atoms with Crippen molar-refractivity contribution >= 4 is 22.9 Å². The zero-order valence-electron chi connectivity index (χ0n) is 12.1. The Morgan fingerprint density at radius 3 is 2.86 bits per heavy atom. The summed E-state index contributed by atoms with van der Waals surface area (Å²) < 4.78 is 5.82. The van der Waals surface area contributed by atoms with Crippen LogP contribution in [0, 0.1) is 0 Å². The Hall–Kier alpha value is -2.95. The Morgan fingerprint density at radius 2 is 2.09 bits per heavy atom. The lowest BCUT2D eigenvalue weighted by atomic mass is 10.2. The van der Waals surface area contributed by atoms with Crippen molar-refractivity contribution in [2.24, 2.45) is 0 Å². The Kier molecular flexibility index (Phi) is 3.96. The second-order valence-corrected chi connectivity index (χ2v) is 4.86. The number of hydrogen-bond donors (Lipinski definition) is 1. The van der Waals surface area contributed by atoms with E-state index in [1.165, 1.54) is 19.3 Å². The molecule has 0 aliphatic carbocycles. The topological polar surface area (TPSA) is 67.9 Å². The van der Waals surface area contributed by atoms with E-state index in [-0.39, 0.29) is 5.78 Å². The van der Waals surface area contributed by atoms with Crippen LogP contribution < -0.4 is 4.74 Å². The summed E-state index contributed by atoms with van der Waals surface area (Å²) in [5.41, 5.74) is 2.57. The van der Waals surface area contributed by atoms with E-state index in [1.807, 2.05) is 30.3 Å². The van der Waals surface area contributed by atoms with E-state index in [0.29, 0.717) is 18.1 Å². The van der Waals surface area contributed by atoms with Crippen molar-refractivity contribution in [2.45, 2.75) is 13.5 Å². The molecule has 22 heavy (non-hydrogen) atoms. The largest absolute Gasteiger partial charge is 0.472 e. The minimum absolute atomic E-state index is 0.0158. The molecule has 0 amide bonds. The molecule has 0 saturated heterocycles. The van der Waals surface area contributed by atoms with Crippen molar-refractivity contribution in [2.75, 3.05) is 0 Å². The normalized spacial score (nSPS) is 11.1. The van der Waals surface area contributed by atoms with Crippen LogP contribution in [0.4, 0.5) is 0 Å². The molecule has 110 valence electrons. The van der Waals surface area contributed by atoms with Gasteiger partial charge >= 0.3 is 0 Å². The molecule has 0 atom stereocenters. The van der Waals surface area contributed by atoms with Gasteiger partial charge in [0, 0.05) is 11.8 Å². The van der Waals surface area contributed by atoms with Crippen LogP contribution in [0.2, 0.25) is 0 Å². The predicted octanol–water partition coefficient (Wildman–Crippen LogP) is 3.14. The second kappa shape index (κ2) is 6.22. The number of ether oxygens (including phenoxy) is 1. The first-order valence-electron chi connectivity index (χ1n) is 6.91. The minimum atomic E-state index is -0.0158. The van der Waals surface area contributed by atoms with Gasteiger partial charge in [-0.1, -0.05) is 30.3 Å². The number of allylic oxidation sites excluding steroid dienone is 1. The number of nitrogens with one attached hydrogen (secondary N) is 1. The molecule has 0 fully saturated rings. The zero-order chi connectivity index (χ0) is 15.4. The van der Waals surface area contributed by atoms with Crippen LogP contribution >= 0.6 is 0 Å². The average molecular weight is 293 g/mol. The van der Waals surface area contributed by atoms with Crippen LogP contribution in [0.25, 0.3) is 17.1 Å². The first kappa shape index (κ1) is 14.0. The highest BCUT2D eigenvalue weighted by Gasteiger charge is 2.10. The van der Waals surface area contributed by atoms with Crippen LogP contribution in [0.15, 0.2) is 48.9 Å². The van der Waals surface area contributed by atoms with Gasteiger partial charge in [-0.15, -0.1) is 0 Å². The first-order valence-corrected chi connectivity index (χ1v) is 6.91. The minimum Gasteiger partial charge on any atom is -0.472 e. The summed E-state index contributed by atoms with van der Waals surface area (Å²) in [7, 11) is 0. The summed E-state index contributed by atoms with van der Waals surface area (Å²) in [5.74, 6) is 0.483. The van der Waals surface area contributed by atoms with E-state index in [1.54, 1.807) is 12.3 Å². The molecule has 0 aliphatic heterocycles. The van der Waals surface area contributed by atoms with Crippen molar-refractivity contribution in [1.29, 1.82) is 0 Å². The van der Waals surface area contributed by atoms with Crippen LogP contribution in [0.5, 0.6) is 5.88 Å². The number of benzene rings is 1. The highest BCUT2D eigenvalue weighted by molar-refractivity contribution is 5.96. The zero-order valence-corrected chi connectivity index (χ0v) is 12.1. The van der Waals surface area contributed by atoms with Gasteiger partial charge < -0.3 is 9.72 Å². The standard InChI is InChI=1S/C17H15N3O2/c1-12(21)7-8-14-9-18-16-15(14)17(20-11-19-16)22-10-13-5-3-2-4-6-13/h2-9,11H,10H2,1H3,(H,18,19,20)/b8-7+. The van der Waals surface area contributed by atoms with Crippen molar-refractivity contribution in [1.82, 2.24) is 15.0 Å². The van der Waals surface area contributed by atoms with Gasteiger partial charge in [-0.05, 0) is 24.6 Å². The molecule has 5 nitrogen and oxygen atoms in total. The Bertz CT molecular complexity index is 822. The highest BCUT2D eigenvalue weighted by atomic mass is 16.5. The molecular formula is C17H15N3O2. The Balaban J connectivity index is 1.91. The Morgan fingerprint density at radius 1 is 1.27 bits per heavy atom. The van der Waals surface area contributed by atoms with Crippen LogP contribution in [0.1, 0.15) is 18.1 Å². The number of hydrogen-bond acceptors (Lipinski definition) is 4. The maximum Gasteiger partial charge on any atom is 0.227 e. The maximum absolute atomic E-state index is 11.1. The average Bonchev–Trinajstić information content (AvgIpc) is 2.96. The number of H-pyrrole nitrogens is 1. The lowest BCUT2D eigenvalue weighted by Gasteiger charge is -2.06. The molecule has 3 aromatic rings. The number of nitrogens with zero attached hydrogens (tertiary/aromatic N) is 2. The van der Waals surface area contributed by atoms with E-state index < -0.39 is 0 Å². The quantitative estimate of drug-likeness (QED) is 0.734. The third kappa shape index (κ3) is 3.03. The summed E-state index contributed by atoms with van der Waals surface area (Å²) in [6.07, 6.45) is 6.49. The fraction of sp³-hybridized carbons (Fsp3) is 0.118. The van der Waals surface area contributed by atoms with Gasteiger partial charge in [0.1, 0.15) is 18.6 Å². The van der Waals surface area contributed by atoms with Crippen molar-refractivity contribution in [3.05, 3.63) is 60.1 Å². The Labute approximate surface area is 127 Å². The van der Waals surface area contributed by atoms with Crippen LogP contribution in [-0.2, 0) is 11.4 Å². The van der Waals surface area contributed by atoms with Crippen molar-refractivity contribution in [3.8, 4) is 5.88 Å². The summed E-state index contributed by atoms with van der Waals surface area (Å²) in [5, 5.41) is 0.774. The molecule has 5 heteroatoms. The molecule has 0 saturated carbocycles. The van der Waals surface area contributed by atoms with Gasteiger partial charge in [0.2, 0.25) is 5.88 Å². The third-order valence-corrected chi connectivity index (χ3v) is 3.18. The molecule has 3 rings (SSSR count). The molecule has 0 radical (unpaired) electrons. The van der Waals surface area contributed by atoms with Gasteiger partial charge in [-0.25, -0.2) is 9.97 Å². The fourth-order valence-electron chi connectivity index (χ4n) is 2.13. The number of fused-ring (bicyclic) bond motifs is 1. The summed E-state index contributed by atoms with van der Waals surface area (Å²) in [6, 6.07) is 9.87. The first-order chi connectivity index (χ1) is 10.7. The summed E-state index contributed by atoms with van der Waals surface area (Å²) in [4.78, 5) is 22.6. The molecule has 0 unspecified atom stereocenters. The molecule has 0 spiro atoms. The summed E-state index contributed by atoms with van der Waals surface area (Å²) in [6.45, 7) is 1.93. The van der Waals surface area contributed by atoms with Gasteiger partial charge in [-0.3, -0.25) is 4.79 Å². The maximum atomic E-state index is 11.1. The van der Waals surface area contributed by atoms with Crippen molar-refractivity contribution in [3.63, 3.8) is 0 Å². The molecule has 1 N–H and O–H groups in total. The predicted molar refractivity (Wildman–Crippen MR) is 84.4 cm³/mol. The lowest BCUT2D eigenvalue weighted by molar-refractivity contribution is -0.112. The monoisotopic (exact) mass is 293 g/mol. The number of carbonyl (C=O) groups is 1. The van der Waals surface area contributed by atoms with Gasteiger partial charge in [0.15, 0.2) is 5.78 Å². The number of aromatic nitrogens is 3. The molecule has 2 aromatic heterocycles. The smallest absolute Gasteiger partial charge is 0.227 e. The van der Waals surface area contributed by atoms with Gasteiger partial charge in [0.05, 0.1) is 5.39 Å². The van der Waals surface area contributed by atoms with Crippen molar-refractivity contribution < 1.29 is 9.53 Å². The van der Waals surface area contributed by atoms with Gasteiger partial charge in [0.25, 0.3) is 0 Å². The van der Waals surface area contributed by atoms with Crippen LogP contribution in [-0.4, -0.2) is 20.7 Å². The van der Waals surface area contributed by atoms with E-state index >= 15 is 0 Å². The second-order valence-electron chi connectivity index (χ2n) is 4.86.